The first-order valence-electron chi connectivity index (χ1n) is 15.8. The molecule has 2 spiro atoms. The number of allylic oxidation sites excluding steroid dienone is 1. The molecule has 0 unspecified atom stereocenters. The maximum Gasteiger partial charge on any atom is 0.471 e. The van der Waals surface area contributed by atoms with E-state index in [1.807, 2.05) is 19.1 Å². The fourth-order valence-electron chi connectivity index (χ4n) is 8.68. The first-order chi connectivity index (χ1) is 22.3. The molecular weight excluding hydrogens is 615 g/mol. The highest BCUT2D eigenvalue weighted by atomic mass is 19.4. The van der Waals surface area contributed by atoms with Crippen LogP contribution >= 0.6 is 0 Å². The number of hydrogen-bond acceptors (Lipinski definition) is 7. The van der Waals surface area contributed by atoms with Gasteiger partial charge in [0, 0.05) is 36.8 Å². The Labute approximate surface area is 269 Å². The molecule has 2 saturated carbocycles. The molecule has 0 N–H and O–H groups in total. The van der Waals surface area contributed by atoms with Crippen LogP contribution in [0.2, 0.25) is 0 Å². The van der Waals surface area contributed by atoms with Crippen molar-refractivity contribution in [2.75, 3.05) is 7.05 Å². The van der Waals surface area contributed by atoms with E-state index in [9.17, 15) is 32.3 Å². The minimum absolute atomic E-state index is 0.137. The number of carbonyl (C=O) groups excluding carboxylic acids is 4. The number of alkyl halides is 3. The Morgan fingerprint density at radius 1 is 0.936 bits per heavy atom. The Morgan fingerprint density at radius 3 is 2.17 bits per heavy atom. The van der Waals surface area contributed by atoms with Gasteiger partial charge in [-0.1, -0.05) is 55.5 Å². The molecule has 7 atom stereocenters. The second-order valence-corrected chi connectivity index (χ2v) is 13.5. The standard InChI is InChI=1S/C36H34F3NO7/c1-33-16-15-23-19-24-28(45-30(42)21-9-5-3-6-10-21)29(46-31(43)22-11-7-4-8-12-22)25(40(2)32(44)36(37,38)39)20-34(24)17-18-35(23,47-34)26(33)13-14-27(33)41/h3-12,15,19,25-26,28-29H,13-14,16-18,20H2,1-2H3/t25-,26+,28+,29+,33-,34+,35+/m0/s1. The Morgan fingerprint density at radius 2 is 1.55 bits per heavy atom. The molecule has 2 aromatic rings. The van der Waals surface area contributed by atoms with E-state index in [4.69, 9.17) is 14.2 Å². The lowest BCUT2D eigenvalue weighted by Crippen LogP contribution is -2.65. The van der Waals surface area contributed by atoms with E-state index in [2.05, 4.69) is 0 Å². The lowest BCUT2D eigenvalue weighted by atomic mass is 9.60. The van der Waals surface area contributed by atoms with Crippen LogP contribution in [0.3, 0.4) is 0 Å². The van der Waals surface area contributed by atoms with Crippen molar-refractivity contribution in [3.8, 4) is 0 Å². The number of ether oxygens (including phenoxy) is 3. The molecule has 2 heterocycles. The topological polar surface area (TPSA) is 99.2 Å². The number of carbonyl (C=O) groups is 4. The number of ketones is 1. The van der Waals surface area contributed by atoms with Crippen molar-refractivity contribution in [2.45, 2.75) is 81.1 Å². The molecule has 246 valence electrons. The minimum Gasteiger partial charge on any atom is -0.452 e. The monoisotopic (exact) mass is 649 g/mol. The number of halogens is 3. The maximum atomic E-state index is 13.9. The second kappa shape index (κ2) is 10.9. The Bertz CT molecular complexity index is 1710. The third-order valence-electron chi connectivity index (χ3n) is 11.1. The van der Waals surface area contributed by atoms with E-state index in [-0.39, 0.29) is 29.2 Å². The van der Waals surface area contributed by atoms with Crippen LogP contribution in [0.25, 0.3) is 0 Å². The zero-order valence-electron chi connectivity index (χ0n) is 25.9. The van der Waals surface area contributed by atoms with Crippen molar-refractivity contribution in [3.63, 3.8) is 0 Å². The fraction of sp³-hybridized carbons (Fsp3) is 0.444. The van der Waals surface area contributed by atoms with Gasteiger partial charge in [-0.25, -0.2) is 9.59 Å². The number of Topliss-reactive ketones (excluding diaryl/α,β-unsaturated/α-hetero) is 1. The summed E-state index contributed by atoms with van der Waals surface area (Å²) in [4.78, 5) is 53.5. The van der Waals surface area contributed by atoms with Gasteiger partial charge in [-0.15, -0.1) is 0 Å². The number of esters is 2. The molecule has 5 aliphatic rings. The van der Waals surface area contributed by atoms with E-state index in [1.165, 1.54) is 24.3 Å². The Hall–Kier alpha value is -4.25. The summed E-state index contributed by atoms with van der Waals surface area (Å²) < 4.78 is 61.0. The van der Waals surface area contributed by atoms with Gasteiger partial charge in [0.25, 0.3) is 0 Å². The van der Waals surface area contributed by atoms with Gasteiger partial charge in [0.2, 0.25) is 0 Å². The Balaban J connectivity index is 1.37. The molecule has 2 aliphatic heterocycles. The molecule has 1 amide bonds. The van der Waals surface area contributed by atoms with E-state index in [1.54, 1.807) is 36.4 Å². The molecule has 3 fully saturated rings. The summed E-state index contributed by atoms with van der Waals surface area (Å²) in [5, 5.41) is 0. The van der Waals surface area contributed by atoms with Gasteiger partial charge in [-0.05, 0) is 55.5 Å². The van der Waals surface area contributed by atoms with E-state index in [0.717, 1.165) is 12.6 Å². The normalized spacial score (nSPS) is 33.9. The number of rotatable bonds is 5. The highest BCUT2D eigenvalue weighted by molar-refractivity contribution is 5.91. The van der Waals surface area contributed by atoms with Gasteiger partial charge in [-0.3, -0.25) is 9.59 Å². The van der Waals surface area contributed by atoms with Crippen LogP contribution in [-0.4, -0.2) is 71.2 Å². The average Bonchev–Trinajstić information content (AvgIpc) is 3.54. The summed E-state index contributed by atoms with van der Waals surface area (Å²) >= 11 is 0. The van der Waals surface area contributed by atoms with E-state index >= 15 is 0 Å². The van der Waals surface area contributed by atoms with Crippen molar-refractivity contribution >= 4 is 23.6 Å². The van der Waals surface area contributed by atoms with Crippen LogP contribution in [0.1, 0.15) is 66.2 Å². The third kappa shape index (κ3) is 4.84. The summed E-state index contributed by atoms with van der Waals surface area (Å²) in [5.74, 6) is -3.74. The Kier molecular flexibility index (Phi) is 7.27. The lowest BCUT2D eigenvalue weighted by molar-refractivity contribution is -0.198. The quantitative estimate of drug-likeness (QED) is 0.379. The third-order valence-corrected chi connectivity index (χ3v) is 11.1. The number of benzene rings is 2. The van der Waals surface area contributed by atoms with Gasteiger partial charge in [0.1, 0.15) is 5.78 Å². The predicted octanol–water partition coefficient (Wildman–Crippen LogP) is 5.77. The zero-order chi connectivity index (χ0) is 33.4. The summed E-state index contributed by atoms with van der Waals surface area (Å²) in [6.07, 6.45) is -2.04. The largest absolute Gasteiger partial charge is 0.471 e. The molecule has 8 nitrogen and oxygen atoms in total. The summed E-state index contributed by atoms with van der Waals surface area (Å²) in [5.41, 5.74) is -1.13. The first-order valence-corrected chi connectivity index (χ1v) is 15.8. The molecule has 2 aromatic carbocycles. The molecule has 11 heteroatoms. The van der Waals surface area contributed by atoms with Crippen LogP contribution in [0.4, 0.5) is 13.2 Å². The van der Waals surface area contributed by atoms with Crippen LogP contribution < -0.4 is 0 Å². The van der Waals surface area contributed by atoms with Gasteiger partial charge in [0.05, 0.1) is 28.4 Å². The fourth-order valence-corrected chi connectivity index (χ4v) is 8.68. The molecule has 0 radical (unpaired) electrons. The van der Waals surface area contributed by atoms with Crippen LogP contribution in [-0.2, 0) is 23.8 Å². The minimum atomic E-state index is -5.22. The van der Waals surface area contributed by atoms with Crippen molar-refractivity contribution in [1.82, 2.24) is 4.90 Å². The highest BCUT2D eigenvalue weighted by Crippen LogP contribution is 2.66. The van der Waals surface area contributed by atoms with E-state index in [0.29, 0.717) is 42.6 Å². The van der Waals surface area contributed by atoms with Gasteiger partial charge in [-0.2, -0.15) is 13.2 Å². The molecule has 1 saturated heterocycles. The number of amides is 1. The predicted molar refractivity (Wildman–Crippen MR) is 161 cm³/mol. The van der Waals surface area contributed by atoms with Crippen LogP contribution in [0.15, 0.2) is 84.0 Å². The second-order valence-electron chi connectivity index (χ2n) is 13.5. The number of hydrogen-bond donors (Lipinski definition) is 0. The van der Waals surface area contributed by atoms with Crippen molar-refractivity contribution in [1.29, 1.82) is 0 Å². The van der Waals surface area contributed by atoms with Gasteiger partial charge in [0.15, 0.2) is 12.2 Å². The van der Waals surface area contributed by atoms with Gasteiger partial charge < -0.3 is 19.1 Å². The van der Waals surface area contributed by atoms with Crippen molar-refractivity contribution < 1.29 is 46.6 Å². The average molecular weight is 650 g/mol. The number of fused-ring (bicyclic) bond motifs is 1. The van der Waals surface area contributed by atoms with Crippen molar-refractivity contribution in [3.05, 3.63) is 95.1 Å². The zero-order valence-corrected chi connectivity index (χ0v) is 25.9. The summed E-state index contributed by atoms with van der Waals surface area (Å²) in [6, 6.07) is 14.6. The summed E-state index contributed by atoms with van der Waals surface area (Å²) in [6.45, 7) is 1.95. The van der Waals surface area contributed by atoms with Crippen LogP contribution in [0, 0.1) is 11.3 Å². The smallest absolute Gasteiger partial charge is 0.452 e. The molecule has 0 aromatic heterocycles. The van der Waals surface area contributed by atoms with Crippen LogP contribution in [0.5, 0.6) is 0 Å². The van der Waals surface area contributed by atoms with E-state index < -0.39 is 58.9 Å². The SMILES string of the molecule is CN(C(=O)C(F)(F)F)[C@H]1C[C@@]23CC[C@@]4(O2)C(=CC[C@]2(C)C(=O)CC[C@H]24)C=C3[C@@H](OC(=O)c2ccccc2)[C@@H]1OC(=O)c1ccccc1. The summed E-state index contributed by atoms with van der Waals surface area (Å²) in [7, 11) is 1.01. The molecule has 3 aliphatic carbocycles. The molecule has 47 heavy (non-hydrogen) atoms. The molecular formula is C36H34F3NO7. The molecule has 2 bridgehead atoms. The number of likely N-dealkylation sites (N-methyl/N-ethyl adjacent to an activating group) is 1. The van der Waals surface area contributed by atoms with Crippen molar-refractivity contribution in [2.24, 2.45) is 11.3 Å². The maximum absolute atomic E-state index is 13.9. The van der Waals surface area contributed by atoms with Gasteiger partial charge >= 0.3 is 24.0 Å². The first kappa shape index (κ1) is 31.4. The number of nitrogens with zero attached hydrogens (tertiary/aromatic N) is 1. The highest BCUT2D eigenvalue weighted by Gasteiger charge is 2.70. The lowest BCUT2D eigenvalue weighted by Gasteiger charge is -2.55. The molecule has 7 rings (SSSR count).